The molecule has 4 nitrogen and oxygen atoms in total. The Balaban J connectivity index is 2.52. The lowest BCUT2D eigenvalue weighted by Gasteiger charge is -2.05. The third kappa shape index (κ3) is 5.75. The lowest BCUT2D eigenvalue weighted by atomic mass is 10.2. The van der Waals surface area contributed by atoms with Crippen molar-refractivity contribution >= 4 is 15.9 Å². The summed E-state index contributed by atoms with van der Waals surface area (Å²) in [5.74, 6) is -1.75. The molecule has 1 aromatic rings. The maximum atomic E-state index is 12.8. The summed E-state index contributed by atoms with van der Waals surface area (Å²) in [6.07, 6.45) is -2.32. The Morgan fingerprint density at radius 3 is 2.21 bits per heavy atom. The van der Waals surface area contributed by atoms with E-state index in [0.717, 1.165) is 12.1 Å². The number of hydrogen-bond donors (Lipinski definition) is 1. The Morgan fingerprint density at radius 2 is 1.74 bits per heavy atom. The Morgan fingerprint density at radius 1 is 1.16 bits per heavy atom. The summed E-state index contributed by atoms with van der Waals surface area (Å²) >= 11 is 0. The minimum atomic E-state index is -4.03. The molecule has 0 radical (unpaired) electrons. The Labute approximate surface area is 108 Å². The number of hydrogen-bond acceptors (Lipinski definition) is 3. The van der Waals surface area contributed by atoms with E-state index in [2.05, 4.69) is 0 Å². The molecule has 0 amide bonds. The van der Waals surface area contributed by atoms with Crippen LogP contribution < -0.4 is 4.74 Å². The van der Waals surface area contributed by atoms with Gasteiger partial charge in [-0.1, -0.05) is 0 Å². The van der Waals surface area contributed by atoms with Crippen molar-refractivity contribution in [3.8, 4) is 5.75 Å². The fourth-order valence-electron chi connectivity index (χ4n) is 1.24. The first-order valence-electron chi connectivity index (χ1n) is 5.19. The van der Waals surface area contributed by atoms with Crippen LogP contribution in [-0.2, 0) is 10.1 Å². The molecule has 106 valence electrons. The van der Waals surface area contributed by atoms with Gasteiger partial charge in [-0.25, -0.2) is 4.39 Å². The van der Waals surface area contributed by atoms with Gasteiger partial charge in [-0.2, -0.15) is 17.2 Å². The smallest absolute Gasteiger partial charge is 0.306 e. The van der Waals surface area contributed by atoms with Crippen LogP contribution in [0.3, 0.4) is 0 Å². The number of ether oxygens (including phenoxy) is 1. The average Bonchev–Trinajstić information content (AvgIpc) is 2.33. The van der Waals surface area contributed by atoms with E-state index in [1.165, 1.54) is 12.1 Å². The molecule has 0 bridgehead atoms. The van der Waals surface area contributed by atoms with E-state index in [9.17, 15) is 21.6 Å². The number of benzene rings is 1. The Hall–Kier alpha value is -1.54. The molecule has 0 saturated heterocycles. The molecular formula is C11H11F3O4S. The highest BCUT2D eigenvalue weighted by Crippen LogP contribution is 2.24. The van der Waals surface area contributed by atoms with Gasteiger partial charge in [0.15, 0.2) is 5.83 Å². The molecule has 0 spiro atoms. The van der Waals surface area contributed by atoms with Crippen LogP contribution in [0.2, 0.25) is 0 Å². The van der Waals surface area contributed by atoms with Gasteiger partial charge in [-0.15, -0.1) is 0 Å². The lowest BCUT2D eigenvalue weighted by molar-refractivity contribution is 0.316. The number of halogens is 3. The van der Waals surface area contributed by atoms with E-state index in [4.69, 9.17) is 9.29 Å². The predicted molar refractivity (Wildman–Crippen MR) is 63.2 cm³/mol. The first-order chi connectivity index (χ1) is 8.79. The summed E-state index contributed by atoms with van der Waals surface area (Å²) in [4.78, 5) is 0. The monoisotopic (exact) mass is 296 g/mol. The second kappa shape index (κ2) is 6.58. The Bertz CT molecular complexity index is 548. The highest BCUT2D eigenvalue weighted by Gasteiger charge is 2.08. The molecule has 0 aliphatic heterocycles. The topological polar surface area (TPSA) is 63.6 Å². The lowest BCUT2D eigenvalue weighted by Crippen LogP contribution is -2.08. The van der Waals surface area contributed by atoms with Crippen LogP contribution in [0, 0.1) is 0 Å². The summed E-state index contributed by atoms with van der Waals surface area (Å²) in [5.41, 5.74) is -0.273. The van der Waals surface area contributed by atoms with Crippen molar-refractivity contribution in [2.24, 2.45) is 0 Å². The fraction of sp³-hybridized carbons (Fsp3) is 0.273. The van der Waals surface area contributed by atoms with Gasteiger partial charge >= 0.3 is 6.08 Å². The third-order valence-electron chi connectivity index (χ3n) is 2.09. The summed E-state index contributed by atoms with van der Waals surface area (Å²) in [6.45, 7) is 0.0227. The molecule has 0 atom stereocenters. The van der Waals surface area contributed by atoms with Gasteiger partial charge < -0.3 is 4.74 Å². The number of rotatable bonds is 6. The molecule has 0 unspecified atom stereocenters. The van der Waals surface area contributed by atoms with Gasteiger partial charge in [0.2, 0.25) is 0 Å². The molecule has 19 heavy (non-hydrogen) atoms. The van der Waals surface area contributed by atoms with Gasteiger partial charge in [0.1, 0.15) is 5.75 Å². The van der Waals surface area contributed by atoms with Crippen LogP contribution in [0.25, 0.3) is 5.83 Å². The van der Waals surface area contributed by atoms with Crippen LogP contribution in [0.1, 0.15) is 12.0 Å². The van der Waals surface area contributed by atoms with Crippen molar-refractivity contribution in [1.29, 1.82) is 0 Å². The van der Waals surface area contributed by atoms with E-state index in [-0.39, 0.29) is 24.3 Å². The quantitative estimate of drug-likeness (QED) is 0.647. The van der Waals surface area contributed by atoms with Gasteiger partial charge in [0.05, 0.1) is 12.4 Å². The molecular weight excluding hydrogens is 285 g/mol. The normalized spacial score (nSPS) is 11.2. The van der Waals surface area contributed by atoms with Crippen LogP contribution in [0.5, 0.6) is 5.75 Å². The van der Waals surface area contributed by atoms with E-state index >= 15 is 0 Å². The van der Waals surface area contributed by atoms with Gasteiger partial charge in [-0.05, 0) is 30.7 Å². The van der Waals surface area contributed by atoms with Crippen molar-refractivity contribution < 1.29 is 30.9 Å². The molecule has 1 N–H and O–H groups in total. The van der Waals surface area contributed by atoms with E-state index in [1.807, 2.05) is 0 Å². The van der Waals surface area contributed by atoms with Crippen LogP contribution >= 0.6 is 0 Å². The minimum Gasteiger partial charge on any atom is -0.494 e. The van der Waals surface area contributed by atoms with Gasteiger partial charge in [0.25, 0.3) is 10.1 Å². The molecule has 0 aromatic heterocycles. The highest BCUT2D eigenvalue weighted by atomic mass is 32.2. The zero-order valence-electron chi connectivity index (χ0n) is 9.64. The van der Waals surface area contributed by atoms with Crippen molar-refractivity contribution in [2.45, 2.75) is 6.42 Å². The van der Waals surface area contributed by atoms with Crippen LogP contribution in [-0.4, -0.2) is 25.3 Å². The second-order valence-electron chi connectivity index (χ2n) is 3.59. The molecule has 1 rings (SSSR count). The van der Waals surface area contributed by atoms with Gasteiger partial charge in [0, 0.05) is 5.56 Å². The zero-order chi connectivity index (χ0) is 14.5. The summed E-state index contributed by atoms with van der Waals surface area (Å²) in [7, 11) is -4.03. The molecule has 0 fully saturated rings. The van der Waals surface area contributed by atoms with E-state index in [1.54, 1.807) is 0 Å². The standard InChI is InChI=1S/C11H11F3O4S/c12-10(11(13)14)8-2-4-9(5-3-8)18-6-1-7-19(15,16)17/h2-5H,1,6-7H2,(H,15,16,17). The van der Waals surface area contributed by atoms with E-state index < -0.39 is 27.8 Å². The summed E-state index contributed by atoms with van der Waals surface area (Å²) in [5, 5.41) is 0. The molecule has 0 aliphatic rings. The summed E-state index contributed by atoms with van der Waals surface area (Å²) in [6, 6.07) is 4.80. The first kappa shape index (κ1) is 15.5. The van der Waals surface area contributed by atoms with Crippen molar-refractivity contribution in [2.75, 3.05) is 12.4 Å². The van der Waals surface area contributed by atoms with Crippen molar-refractivity contribution in [3.05, 3.63) is 35.9 Å². The van der Waals surface area contributed by atoms with Crippen LogP contribution in [0.15, 0.2) is 30.3 Å². The molecule has 0 aliphatic carbocycles. The molecule has 0 saturated carbocycles. The van der Waals surface area contributed by atoms with Crippen LogP contribution in [0.4, 0.5) is 13.2 Å². The molecule has 8 heteroatoms. The first-order valence-corrected chi connectivity index (χ1v) is 6.79. The van der Waals surface area contributed by atoms with Crippen molar-refractivity contribution in [3.63, 3.8) is 0 Å². The fourth-order valence-corrected chi connectivity index (χ4v) is 1.72. The van der Waals surface area contributed by atoms with Crippen molar-refractivity contribution in [1.82, 2.24) is 0 Å². The third-order valence-corrected chi connectivity index (χ3v) is 2.89. The largest absolute Gasteiger partial charge is 0.494 e. The average molecular weight is 296 g/mol. The maximum absolute atomic E-state index is 12.8. The van der Waals surface area contributed by atoms with E-state index in [0.29, 0.717) is 0 Å². The maximum Gasteiger partial charge on any atom is 0.306 e. The zero-order valence-corrected chi connectivity index (χ0v) is 10.5. The minimum absolute atomic E-state index is 0.0227. The second-order valence-corrected chi connectivity index (χ2v) is 5.16. The predicted octanol–water partition coefficient (Wildman–Crippen LogP) is 2.88. The van der Waals surface area contributed by atoms with Gasteiger partial charge in [-0.3, -0.25) is 4.55 Å². The Kier molecular flexibility index (Phi) is 5.37. The molecule has 1 aromatic carbocycles. The molecule has 0 heterocycles. The highest BCUT2D eigenvalue weighted by molar-refractivity contribution is 7.85. The summed E-state index contributed by atoms with van der Waals surface area (Å²) < 4.78 is 71.1. The SMILES string of the molecule is O=S(=O)(O)CCCOc1ccc(C(F)=C(F)F)cc1.